The first kappa shape index (κ1) is 26.4. The fourth-order valence-corrected chi connectivity index (χ4v) is 6.81. The molecule has 1 N–H and O–H groups in total. The Morgan fingerprint density at radius 3 is 2.50 bits per heavy atom. The molecule has 0 bridgehead atoms. The maximum absolute atomic E-state index is 13.3. The summed E-state index contributed by atoms with van der Waals surface area (Å²) in [6.45, 7) is 1.47. The van der Waals surface area contributed by atoms with Gasteiger partial charge >= 0.3 is 6.18 Å². The van der Waals surface area contributed by atoms with Crippen LogP contribution in [0, 0.1) is 0 Å². The van der Waals surface area contributed by atoms with Crippen molar-refractivity contribution in [2.75, 3.05) is 31.6 Å². The topological polar surface area (TPSA) is 83.0 Å². The van der Waals surface area contributed by atoms with E-state index in [4.69, 9.17) is 4.74 Å². The Hall–Kier alpha value is -2.67. The summed E-state index contributed by atoms with van der Waals surface area (Å²) < 4.78 is 73.1. The van der Waals surface area contributed by atoms with E-state index in [1.807, 2.05) is 11.0 Å². The van der Waals surface area contributed by atoms with Gasteiger partial charge in [-0.25, -0.2) is 13.4 Å². The average molecular weight is 542 g/mol. The summed E-state index contributed by atoms with van der Waals surface area (Å²) in [5, 5.41) is 11.7. The van der Waals surface area contributed by atoms with E-state index in [9.17, 15) is 26.7 Å². The maximum Gasteiger partial charge on any atom is 0.421 e. The van der Waals surface area contributed by atoms with Crippen molar-refractivity contribution in [3.63, 3.8) is 0 Å². The molecule has 1 saturated heterocycles. The SMILES string of the molecule is COc1cc(CC2CN(S(=O)(=O)c3cccs3)CCN2c2ccc(C(C)(O)C(F)(F)F)cc2)ccn1. The van der Waals surface area contributed by atoms with Crippen LogP contribution in [0.3, 0.4) is 0 Å². The second kappa shape index (κ2) is 10.0. The Morgan fingerprint density at radius 2 is 1.89 bits per heavy atom. The summed E-state index contributed by atoms with van der Waals surface area (Å²) in [6, 6.07) is 12.1. The monoisotopic (exact) mass is 541 g/mol. The zero-order valence-electron chi connectivity index (χ0n) is 19.6. The highest BCUT2D eigenvalue weighted by molar-refractivity contribution is 7.91. The van der Waals surface area contributed by atoms with Gasteiger partial charge < -0.3 is 14.7 Å². The average Bonchev–Trinajstić information content (AvgIpc) is 3.40. The number of alkyl halides is 3. The number of nitrogens with zero attached hydrogens (tertiary/aromatic N) is 3. The van der Waals surface area contributed by atoms with E-state index in [0.29, 0.717) is 24.5 Å². The van der Waals surface area contributed by atoms with Gasteiger partial charge in [-0.05, 0) is 54.1 Å². The molecule has 1 aromatic carbocycles. The van der Waals surface area contributed by atoms with Gasteiger partial charge in [0.05, 0.1) is 7.11 Å². The molecule has 2 aromatic heterocycles. The number of aromatic nitrogens is 1. The lowest BCUT2D eigenvalue weighted by Crippen LogP contribution is -2.55. The first-order valence-electron chi connectivity index (χ1n) is 11.1. The third kappa shape index (κ3) is 5.22. The Bertz CT molecular complexity index is 1280. The predicted molar refractivity (Wildman–Crippen MR) is 131 cm³/mol. The second-order valence-electron chi connectivity index (χ2n) is 8.67. The van der Waals surface area contributed by atoms with Crippen LogP contribution < -0.4 is 9.64 Å². The van der Waals surface area contributed by atoms with Gasteiger partial charge in [0.1, 0.15) is 4.21 Å². The summed E-state index contributed by atoms with van der Waals surface area (Å²) in [6.07, 6.45) is -2.76. The van der Waals surface area contributed by atoms with E-state index < -0.39 is 21.8 Å². The number of benzene rings is 1. The Labute approximate surface area is 211 Å². The summed E-state index contributed by atoms with van der Waals surface area (Å²) in [7, 11) is -2.17. The van der Waals surface area contributed by atoms with Gasteiger partial charge in [-0.15, -0.1) is 11.3 Å². The quantitative estimate of drug-likeness (QED) is 0.486. The minimum absolute atomic E-state index is 0.187. The van der Waals surface area contributed by atoms with E-state index in [0.717, 1.165) is 23.8 Å². The van der Waals surface area contributed by atoms with Crippen LogP contribution in [-0.4, -0.2) is 61.8 Å². The van der Waals surface area contributed by atoms with Gasteiger partial charge in [-0.1, -0.05) is 18.2 Å². The molecule has 2 unspecified atom stereocenters. The van der Waals surface area contributed by atoms with Crippen LogP contribution in [0.2, 0.25) is 0 Å². The van der Waals surface area contributed by atoms with Crippen molar-refractivity contribution in [3.05, 3.63) is 71.2 Å². The number of anilines is 1. The molecule has 3 aromatic rings. The lowest BCUT2D eigenvalue weighted by atomic mass is 9.94. The predicted octanol–water partition coefficient (Wildman–Crippen LogP) is 4.04. The Morgan fingerprint density at radius 1 is 1.17 bits per heavy atom. The van der Waals surface area contributed by atoms with Gasteiger partial charge in [0.2, 0.25) is 5.88 Å². The van der Waals surface area contributed by atoms with Crippen molar-refractivity contribution < 1.29 is 31.4 Å². The number of pyridine rings is 1. The second-order valence-corrected chi connectivity index (χ2v) is 11.8. The number of hydrogen-bond acceptors (Lipinski definition) is 7. The van der Waals surface area contributed by atoms with Crippen LogP contribution >= 0.6 is 11.3 Å². The normalized spacial score (nSPS) is 19.2. The van der Waals surface area contributed by atoms with Gasteiger partial charge in [0, 0.05) is 43.6 Å². The van der Waals surface area contributed by atoms with Crippen molar-refractivity contribution in [1.82, 2.24) is 9.29 Å². The van der Waals surface area contributed by atoms with Crippen LogP contribution in [0.5, 0.6) is 5.88 Å². The van der Waals surface area contributed by atoms with Crippen molar-refractivity contribution in [1.29, 1.82) is 0 Å². The van der Waals surface area contributed by atoms with Crippen molar-refractivity contribution in [2.24, 2.45) is 0 Å². The summed E-state index contributed by atoms with van der Waals surface area (Å²) >= 11 is 1.15. The zero-order valence-corrected chi connectivity index (χ0v) is 21.3. The third-order valence-corrected chi connectivity index (χ3v) is 9.57. The molecule has 0 saturated carbocycles. The van der Waals surface area contributed by atoms with E-state index in [-0.39, 0.29) is 28.9 Å². The molecular formula is C24H26F3N3O4S2. The highest BCUT2D eigenvalue weighted by Gasteiger charge is 2.51. The molecule has 4 rings (SSSR count). The number of aliphatic hydroxyl groups is 1. The molecule has 3 heterocycles. The van der Waals surface area contributed by atoms with Crippen molar-refractivity contribution >= 4 is 27.0 Å². The molecule has 1 fully saturated rings. The molecule has 12 heteroatoms. The molecule has 2 atom stereocenters. The lowest BCUT2D eigenvalue weighted by molar-refractivity contribution is -0.258. The van der Waals surface area contributed by atoms with Crippen molar-refractivity contribution in [2.45, 2.75) is 35.4 Å². The molecule has 1 aliphatic heterocycles. The number of piperazine rings is 1. The Balaban J connectivity index is 1.64. The minimum Gasteiger partial charge on any atom is -0.481 e. The first-order chi connectivity index (χ1) is 16.9. The minimum atomic E-state index is -4.82. The number of sulfonamides is 1. The fourth-order valence-electron chi connectivity index (χ4n) is 4.20. The largest absolute Gasteiger partial charge is 0.481 e. The molecule has 0 spiro atoms. The molecule has 1 aliphatic rings. The molecular weight excluding hydrogens is 515 g/mol. The summed E-state index contributed by atoms with van der Waals surface area (Å²) in [5.74, 6) is 0.427. The number of ether oxygens (including phenoxy) is 1. The number of methoxy groups -OCH3 is 1. The maximum atomic E-state index is 13.3. The first-order valence-corrected chi connectivity index (χ1v) is 13.4. The van der Waals surface area contributed by atoms with E-state index in [1.165, 1.54) is 35.7 Å². The highest BCUT2D eigenvalue weighted by Crippen LogP contribution is 2.39. The molecule has 0 radical (unpaired) electrons. The van der Waals surface area contributed by atoms with Crippen LogP contribution in [0.1, 0.15) is 18.1 Å². The molecule has 7 nitrogen and oxygen atoms in total. The molecule has 0 aliphatic carbocycles. The molecule has 0 amide bonds. The van der Waals surface area contributed by atoms with Gasteiger partial charge in [-0.2, -0.15) is 17.5 Å². The van der Waals surface area contributed by atoms with Crippen LogP contribution in [0.15, 0.2) is 64.3 Å². The highest BCUT2D eigenvalue weighted by atomic mass is 32.2. The third-order valence-electron chi connectivity index (χ3n) is 6.33. The van der Waals surface area contributed by atoms with Gasteiger partial charge in [-0.3, -0.25) is 0 Å². The van der Waals surface area contributed by atoms with Crippen LogP contribution in [0.4, 0.5) is 18.9 Å². The Kier molecular flexibility index (Phi) is 7.33. The van der Waals surface area contributed by atoms with E-state index in [2.05, 4.69) is 4.98 Å². The van der Waals surface area contributed by atoms with Crippen LogP contribution in [0.25, 0.3) is 0 Å². The summed E-state index contributed by atoms with van der Waals surface area (Å²) in [5.41, 5.74) is -1.74. The molecule has 194 valence electrons. The summed E-state index contributed by atoms with van der Waals surface area (Å²) in [4.78, 5) is 6.10. The number of hydrogen-bond donors (Lipinski definition) is 1. The standard InChI is InChI=1S/C24H26F3N3O4S2/c1-23(31,24(25,26)27)18-5-7-19(8-6-18)30-12-11-29(36(32,33)22-4-3-13-35-22)16-20(30)14-17-9-10-28-21(15-17)34-2/h3-10,13,15,20,31H,11-12,14,16H2,1-2H3. The molecule has 36 heavy (non-hydrogen) atoms. The smallest absolute Gasteiger partial charge is 0.421 e. The number of rotatable bonds is 7. The van der Waals surface area contributed by atoms with Crippen molar-refractivity contribution in [3.8, 4) is 5.88 Å². The van der Waals surface area contributed by atoms with Gasteiger partial charge in [0.25, 0.3) is 10.0 Å². The number of thiophene rings is 1. The zero-order chi connectivity index (χ0) is 26.1. The van der Waals surface area contributed by atoms with Gasteiger partial charge in [0.15, 0.2) is 5.60 Å². The van der Waals surface area contributed by atoms with Crippen LogP contribution in [-0.2, 0) is 22.0 Å². The van der Waals surface area contributed by atoms with E-state index >= 15 is 0 Å². The lowest BCUT2D eigenvalue weighted by Gasteiger charge is -2.42. The fraction of sp³-hybridized carbons (Fsp3) is 0.375. The van der Waals surface area contributed by atoms with E-state index in [1.54, 1.807) is 29.8 Å². The number of halogens is 3.